The van der Waals surface area contributed by atoms with Crippen molar-refractivity contribution >= 4 is 28.6 Å². The molecule has 0 N–H and O–H groups in total. The molecule has 1 aromatic carbocycles. The molecule has 0 spiro atoms. The molecule has 1 aromatic heterocycles. The maximum Gasteiger partial charge on any atom is 0.410 e. The number of carbonyl (C=O) groups is 2. The first-order valence-corrected chi connectivity index (χ1v) is 10.8. The molecule has 0 aliphatic carbocycles. The number of hydrogen-bond acceptors (Lipinski definition) is 5. The number of para-hydroxylation sites is 1. The summed E-state index contributed by atoms with van der Waals surface area (Å²) in [6.07, 6.45) is 1.93. The first-order valence-electron chi connectivity index (χ1n) is 10.8. The van der Waals surface area contributed by atoms with Gasteiger partial charge in [-0.15, -0.1) is 0 Å². The Bertz CT molecular complexity index is 982. The molecule has 1 atom stereocenters. The second-order valence-electron chi connectivity index (χ2n) is 9.19. The van der Waals surface area contributed by atoms with E-state index in [1.54, 1.807) is 17.2 Å². The van der Waals surface area contributed by atoms with E-state index in [2.05, 4.69) is 9.88 Å². The summed E-state index contributed by atoms with van der Waals surface area (Å²) in [7, 11) is 0. The highest BCUT2D eigenvalue weighted by Crippen LogP contribution is 2.28. The largest absolute Gasteiger partial charge is 0.444 e. The van der Waals surface area contributed by atoms with Crippen LogP contribution in [-0.4, -0.2) is 71.7 Å². The van der Waals surface area contributed by atoms with Gasteiger partial charge in [-0.2, -0.15) is 0 Å². The minimum atomic E-state index is -0.546. The van der Waals surface area contributed by atoms with Crippen LogP contribution in [0.4, 0.5) is 14.9 Å². The number of rotatable bonds is 2. The van der Waals surface area contributed by atoms with Gasteiger partial charge in [0, 0.05) is 56.5 Å². The van der Waals surface area contributed by atoms with E-state index >= 15 is 0 Å². The molecule has 2 saturated heterocycles. The number of nitrogens with zero attached hydrogens (tertiary/aromatic N) is 4. The third-order valence-corrected chi connectivity index (χ3v) is 5.82. The number of benzene rings is 1. The molecule has 3 heterocycles. The molecular weight excluding hydrogens is 399 g/mol. The third kappa shape index (κ3) is 4.57. The molecule has 2 aliphatic rings. The Hall–Kier alpha value is -2.90. The van der Waals surface area contributed by atoms with Gasteiger partial charge in [0.1, 0.15) is 16.9 Å². The number of fused-ring (bicyclic) bond motifs is 1. The van der Waals surface area contributed by atoms with Crippen molar-refractivity contribution in [2.75, 3.05) is 44.2 Å². The van der Waals surface area contributed by atoms with Crippen LogP contribution in [0.15, 0.2) is 30.5 Å². The molecule has 0 saturated carbocycles. The van der Waals surface area contributed by atoms with Crippen LogP contribution in [0.1, 0.15) is 27.2 Å². The zero-order valence-corrected chi connectivity index (χ0v) is 18.3. The monoisotopic (exact) mass is 428 g/mol. The summed E-state index contributed by atoms with van der Waals surface area (Å²) < 4.78 is 19.5. The Balaban J connectivity index is 1.36. The summed E-state index contributed by atoms with van der Waals surface area (Å²) in [5, 5.41) is 0.783. The molecule has 8 heteroatoms. The first-order chi connectivity index (χ1) is 14.7. The van der Waals surface area contributed by atoms with Crippen LogP contribution in [0.3, 0.4) is 0 Å². The van der Waals surface area contributed by atoms with Crippen molar-refractivity contribution < 1.29 is 18.7 Å². The van der Waals surface area contributed by atoms with E-state index in [9.17, 15) is 14.0 Å². The maximum atomic E-state index is 14.1. The number of ether oxygens (including phenoxy) is 1. The average Bonchev–Trinajstić information content (AvgIpc) is 3.23. The lowest BCUT2D eigenvalue weighted by Gasteiger charge is -2.37. The predicted molar refractivity (Wildman–Crippen MR) is 116 cm³/mol. The number of amides is 2. The van der Waals surface area contributed by atoms with Crippen molar-refractivity contribution in [1.82, 2.24) is 14.8 Å². The smallest absolute Gasteiger partial charge is 0.410 e. The number of piperazine rings is 1. The van der Waals surface area contributed by atoms with E-state index in [0.717, 1.165) is 11.1 Å². The lowest BCUT2D eigenvalue weighted by molar-refractivity contribution is -0.135. The van der Waals surface area contributed by atoms with Gasteiger partial charge in [-0.1, -0.05) is 12.1 Å². The van der Waals surface area contributed by atoms with Gasteiger partial charge in [-0.05, 0) is 39.3 Å². The molecule has 0 bridgehead atoms. The molecular formula is C23H29FN4O3. The van der Waals surface area contributed by atoms with E-state index < -0.39 is 5.60 Å². The van der Waals surface area contributed by atoms with Gasteiger partial charge in [0.25, 0.3) is 0 Å². The summed E-state index contributed by atoms with van der Waals surface area (Å²) in [5.74, 6) is -0.421. The Morgan fingerprint density at radius 3 is 2.52 bits per heavy atom. The number of anilines is 1. The summed E-state index contributed by atoms with van der Waals surface area (Å²) in [6, 6.07) is 6.88. The van der Waals surface area contributed by atoms with Crippen molar-refractivity contribution in [2.45, 2.75) is 32.8 Å². The standard InChI is InChI=1S/C23H29FN4O3/c1-23(2,3)31-22(30)28-10-8-16(15-28)21(29)27-13-11-26(12-14-27)19-7-9-25-20-17(19)5-4-6-18(20)24/h4-7,9,16H,8,10-15H2,1-3H3. The van der Waals surface area contributed by atoms with E-state index in [-0.39, 0.29) is 23.7 Å². The van der Waals surface area contributed by atoms with Gasteiger partial charge in [0.15, 0.2) is 0 Å². The van der Waals surface area contributed by atoms with Crippen molar-refractivity contribution in [3.8, 4) is 0 Å². The lowest BCUT2D eigenvalue weighted by Crippen LogP contribution is -2.51. The lowest BCUT2D eigenvalue weighted by atomic mass is 10.1. The van der Waals surface area contributed by atoms with Gasteiger partial charge >= 0.3 is 6.09 Å². The van der Waals surface area contributed by atoms with Crippen molar-refractivity contribution in [2.24, 2.45) is 5.92 Å². The predicted octanol–water partition coefficient (Wildman–Crippen LogP) is 3.28. The molecule has 2 fully saturated rings. The van der Waals surface area contributed by atoms with Crippen molar-refractivity contribution in [1.29, 1.82) is 0 Å². The van der Waals surface area contributed by atoms with Crippen LogP contribution in [0.2, 0.25) is 0 Å². The molecule has 2 aliphatic heterocycles. The van der Waals surface area contributed by atoms with Gasteiger partial charge in [-0.3, -0.25) is 9.78 Å². The zero-order chi connectivity index (χ0) is 22.2. The molecule has 7 nitrogen and oxygen atoms in total. The molecule has 0 radical (unpaired) electrons. The molecule has 2 amide bonds. The molecule has 4 rings (SSSR count). The molecule has 2 aromatic rings. The second-order valence-corrected chi connectivity index (χ2v) is 9.19. The minimum Gasteiger partial charge on any atom is -0.444 e. The van der Waals surface area contributed by atoms with Gasteiger partial charge in [0.2, 0.25) is 5.91 Å². The summed E-state index contributed by atoms with van der Waals surface area (Å²) >= 11 is 0. The number of likely N-dealkylation sites (tertiary alicyclic amines) is 1. The highest BCUT2D eigenvalue weighted by molar-refractivity contribution is 5.92. The Kier molecular flexibility index (Phi) is 5.73. The van der Waals surface area contributed by atoms with Crippen LogP contribution in [0, 0.1) is 11.7 Å². The first kappa shape index (κ1) is 21.3. The number of hydrogen-bond donors (Lipinski definition) is 0. The minimum absolute atomic E-state index is 0.0938. The molecule has 166 valence electrons. The van der Waals surface area contributed by atoms with E-state index in [4.69, 9.17) is 4.74 Å². The van der Waals surface area contributed by atoms with Crippen molar-refractivity contribution in [3.05, 3.63) is 36.3 Å². The number of halogens is 1. The van der Waals surface area contributed by atoms with Crippen LogP contribution in [0.25, 0.3) is 10.9 Å². The fourth-order valence-electron chi connectivity index (χ4n) is 4.28. The van der Waals surface area contributed by atoms with E-state index in [0.29, 0.717) is 51.2 Å². The van der Waals surface area contributed by atoms with Crippen LogP contribution in [0.5, 0.6) is 0 Å². The highest BCUT2D eigenvalue weighted by Gasteiger charge is 2.36. The normalized spacial score (nSPS) is 19.7. The SMILES string of the molecule is CC(C)(C)OC(=O)N1CCC(C(=O)N2CCN(c3ccnc4c(F)cccc34)CC2)C1. The molecule has 31 heavy (non-hydrogen) atoms. The quantitative estimate of drug-likeness (QED) is 0.735. The highest BCUT2D eigenvalue weighted by atomic mass is 19.1. The van der Waals surface area contributed by atoms with Crippen LogP contribution < -0.4 is 4.90 Å². The summed E-state index contributed by atoms with van der Waals surface area (Å²) in [4.78, 5) is 35.1. The van der Waals surface area contributed by atoms with Gasteiger partial charge in [-0.25, -0.2) is 9.18 Å². The van der Waals surface area contributed by atoms with Gasteiger partial charge in [0.05, 0.1) is 5.92 Å². The Labute approximate surface area is 181 Å². The molecule has 1 unspecified atom stereocenters. The second kappa shape index (κ2) is 8.32. The van der Waals surface area contributed by atoms with E-state index in [1.807, 2.05) is 37.8 Å². The zero-order valence-electron chi connectivity index (χ0n) is 18.3. The van der Waals surface area contributed by atoms with E-state index in [1.165, 1.54) is 6.07 Å². The number of pyridine rings is 1. The van der Waals surface area contributed by atoms with Crippen LogP contribution >= 0.6 is 0 Å². The summed E-state index contributed by atoms with van der Waals surface area (Å²) in [6.45, 7) is 8.99. The van der Waals surface area contributed by atoms with Gasteiger partial charge < -0.3 is 19.4 Å². The number of carbonyl (C=O) groups excluding carboxylic acids is 2. The third-order valence-electron chi connectivity index (χ3n) is 5.82. The fraction of sp³-hybridized carbons (Fsp3) is 0.522. The Morgan fingerprint density at radius 1 is 1.06 bits per heavy atom. The topological polar surface area (TPSA) is 66.0 Å². The number of aromatic nitrogens is 1. The fourth-order valence-corrected chi connectivity index (χ4v) is 4.28. The summed E-state index contributed by atoms with van der Waals surface area (Å²) in [5.41, 5.74) is 0.760. The van der Waals surface area contributed by atoms with Crippen LogP contribution in [-0.2, 0) is 9.53 Å². The Morgan fingerprint density at radius 2 is 1.81 bits per heavy atom. The van der Waals surface area contributed by atoms with Crippen molar-refractivity contribution in [3.63, 3.8) is 0 Å². The maximum absolute atomic E-state index is 14.1. The average molecular weight is 429 g/mol.